The second kappa shape index (κ2) is 21.7. The third-order valence-electron chi connectivity index (χ3n) is 10.5. The lowest BCUT2D eigenvalue weighted by molar-refractivity contribution is -0.140. The molecule has 0 spiro atoms. The van der Waals surface area contributed by atoms with Gasteiger partial charge in [0, 0.05) is 7.11 Å². The van der Waals surface area contributed by atoms with Gasteiger partial charge in [0.15, 0.2) is 0 Å². The van der Waals surface area contributed by atoms with Gasteiger partial charge in [0.05, 0.1) is 61.0 Å². The van der Waals surface area contributed by atoms with Crippen LogP contribution in [0.3, 0.4) is 0 Å². The first-order chi connectivity index (χ1) is 26.0. The van der Waals surface area contributed by atoms with Crippen molar-refractivity contribution >= 4 is 28.8 Å². The smallest absolute Gasteiger partial charge is 0.255 e. The van der Waals surface area contributed by atoms with Gasteiger partial charge in [0.25, 0.3) is 5.91 Å². The number of amides is 3. The van der Waals surface area contributed by atoms with Crippen LogP contribution in [0.4, 0.5) is 0 Å². The topological polar surface area (TPSA) is 184 Å². The van der Waals surface area contributed by atoms with Crippen molar-refractivity contribution in [2.45, 2.75) is 103 Å². The molecule has 6 N–H and O–H groups in total. The van der Waals surface area contributed by atoms with E-state index in [-0.39, 0.29) is 36.5 Å². The zero-order valence-electron chi connectivity index (χ0n) is 32.5. The van der Waals surface area contributed by atoms with Gasteiger partial charge in [-0.1, -0.05) is 90.5 Å². The summed E-state index contributed by atoms with van der Waals surface area (Å²) in [5.41, 5.74) is 1.93. The van der Waals surface area contributed by atoms with Gasteiger partial charge in [-0.3, -0.25) is 14.4 Å². The van der Waals surface area contributed by atoms with Gasteiger partial charge in [0.1, 0.15) is 30.3 Å². The lowest BCUT2D eigenvalue weighted by Gasteiger charge is -2.36. The summed E-state index contributed by atoms with van der Waals surface area (Å²) >= 11 is 0. The minimum atomic E-state index is -1.54. The van der Waals surface area contributed by atoms with E-state index in [2.05, 4.69) is 25.9 Å². The summed E-state index contributed by atoms with van der Waals surface area (Å²) in [6, 6.07) is 12.7. The Balaban J connectivity index is 1.47. The molecule has 1 aromatic heterocycles. The third-order valence-corrected chi connectivity index (χ3v) is 10.5. The number of carbonyl (C=O) groups excluding carboxylic acids is 3. The maximum absolute atomic E-state index is 14.0. The van der Waals surface area contributed by atoms with Gasteiger partial charge in [-0.2, -0.15) is 0 Å². The van der Waals surface area contributed by atoms with Gasteiger partial charge in [-0.05, 0) is 48.4 Å². The van der Waals surface area contributed by atoms with E-state index in [0.717, 1.165) is 43.1 Å². The van der Waals surface area contributed by atoms with Crippen molar-refractivity contribution in [2.24, 2.45) is 23.7 Å². The molecule has 1 fully saturated rings. The lowest BCUT2D eigenvalue weighted by atomic mass is 9.79. The Kier molecular flexibility index (Phi) is 17.2. The van der Waals surface area contributed by atoms with Gasteiger partial charge in [0.2, 0.25) is 11.8 Å². The van der Waals surface area contributed by atoms with E-state index < -0.39 is 47.9 Å². The molecule has 0 bridgehead atoms. The van der Waals surface area contributed by atoms with E-state index in [0.29, 0.717) is 44.2 Å². The fourth-order valence-electron chi connectivity index (χ4n) is 7.17. The summed E-state index contributed by atoms with van der Waals surface area (Å²) in [6.07, 6.45) is 3.19. The van der Waals surface area contributed by atoms with Gasteiger partial charge in [-0.25, -0.2) is 4.98 Å². The van der Waals surface area contributed by atoms with E-state index in [9.17, 15) is 24.6 Å². The first-order valence-corrected chi connectivity index (χ1v) is 19.5. The van der Waals surface area contributed by atoms with Crippen molar-refractivity contribution in [2.75, 3.05) is 33.5 Å². The number of aliphatic hydroxyl groups is 2. The lowest BCUT2D eigenvalue weighted by Crippen LogP contribution is -2.57. The molecular formula is C41H61N5O8. The molecule has 13 heteroatoms. The molecule has 3 amide bonds. The number of benzene rings is 2. The zero-order valence-corrected chi connectivity index (χ0v) is 32.5. The van der Waals surface area contributed by atoms with E-state index in [4.69, 9.17) is 14.2 Å². The highest BCUT2D eigenvalue weighted by atomic mass is 16.5. The van der Waals surface area contributed by atoms with Crippen LogP contribution < -0.4 is 20.7 Å². The van der Waals surface area contributed by atoms with Crippen LogP contribution in [-0.2, 0) is 25.6 Å². The van der Waals surface area contributed by atoms with Crippen LogP contribution in [0, 0.1) is 23.7 Å². The Morgan fingerprint density at radius 2 is 1.59 bits per heavy atom. The molecule has 6 atom stereocenters. The Morgan fingerprint density at radius 1 is 0.889 bits per heavy atom. The Morgan fingerprint density at radius 3 is 2.30 bits per heavy atom. The number of ether oxygens (including phenoxy) is 3. The predicted molar refractivity (Wildman–Crippen MR) is 207 cm³/mol. The van der Waals surface area contributed by atoms with Crippen molar-refractivity contribution in [3.63, 3.8) is 0 Å². The summed E-state index contributed by atoms with van der Waals surface area (Å²) < 4.78 is 16.4. The molecule has 0 saturated heterocycles. The first-order valence-electron chi connectivity index (χ1n) is 19.5. The van der Waals surface area contributed by atoms with Crippen molar-refractivity contribution < 1.29 is 38.8 Å². The number of methoxy groups -OCH3 is 1. The standard InChI is InChI=1S/C41H61N5O8/c1-6-27(4)36(41(51)42-25-34-43-30-17-11-12-18-31(30)44-34)46-40(50)35(26(2)3)38(48)37(47)32(24-28-14-8-7-9-15-28)45-39(49)29-16-10-13-19-33(29)54-23-22-53-21-20-52-5/h10-13,16-19,26-28,32,35-38,47-48H,6-9,14-15,20-25H2,1-5H3,(H,42,51)(H,43,44)(H,45,49)(H,46,50)/t27-,32-,35+,36-,37+,38+/m0/s1. The summed E-state index contributed by atoms with van der Waals surface area (Å²) in [4.78, 5) is 49.2. The number of rotatable bonds is 22. The Labute approximate surface area is 319 Å². The minimum absolute atomic E-state index is 0.143. The average molecular weight is 752 g/mol. The van der Waals surface area contributed by atoms with E-state index in [1.807, 2.05) is 38.1 Å². The second-order valence-electron chi connectivity index (χ2n) is 14.8. The molecule has 54 heavy (non-hydrogen) atoms. The molecule has 0 aliphatic heterocycles. The average Bonchev–Trinajstić information content (AvgIpc) is 3.60. The van der Waals surface area contributed by atoms with E-state index in [1.54, 1.807) is 45.2 Å². The number of para-hydroxylation sites is 3. The summed E-state index contributed by atoms with van der Waals surface area (Å²) in [5.74, 6) is -1.89. The number of aromatic amines is 1. The first kappa shape index (κ1) is 42.7. The van der Waals surface area contributed by atoms with Gasteiger partial charge in [-0.15, -0.1) is 0 Å². The van der Waals surface area contributed by atoms with Gasteiger partial charge >= 0.3 is 0 Å². The number of hydrogen-bond acceptors (Lipinski definition) is 9. The van der Waals surface area contributed by atoms with Crippen molar-refractivity contribution in [3.8, 4) is 5.75 Å². The number of carbonyl (C=O) groups is 3. The molecule has 298 valence electrons. The maximum atomic E-state index is 14.0. The fraction of sp³-hybridized carbons (Fsp3) is 0.610. The molecule has 13 nitrogen and oxygen atoms in total. The number of nitrogens with zero attached hydrogens (tertiary/aromatic N) is 1. The van der Waals surface area contributed by atoms with Crippen LogP contribution in [0.2, 0.25) is 0 Å². The highest BCUT2D eigenvalue weighted by molar-refractivity contribution is 5.97. The number of imidazole rings is 1. The number of aromatic nitrogens is 2. The Bertz CT molecular complexity index is 1580. The summed E-state index contributed by atoms with van der Waals surface area (Å²) in [5, 5.41) is 32.5. The van der Waals surface area contributed by atoms with Crippen molar-refractivity contribution in [1.29, 1.82) is 0 Å². The zero-order chi connectivity index (χ0) is 39.0. The molecule has 1 aliphatic rings. The van der Waals surface area contributed by atoms with Crippen LogP contribution in [0.15, 0.2) is 48.5 Å². The number of nitrogens with one attached hydrogen (secondary N) is 4. The molecule has 2 aromatic carbocycles. The second-order valence-corrected chi connectivity index (χ2v) is 14.8. The SMILES string of the molecule is CC[C@H](C)[C@H](NC(=O)[C@H](C(C)C)[C@@H](O)[C@H](O)[C@H](CC1CCCCC1)NC(=O)c1ccccc1OCCOCCOC)C(=O)NCc1nc2ccccc2[nH]1. The molecule has 1 aliphatic carbocycles. The van der Waals surface area contributed by atoms with Crippen LogP contribution in [-0.4, -0.2) is 95.7 Å². The quantitative estimate of drug-likeness (QED) is 0.0805. The largest absolute Gasteiger partial charge is 0.490 e. The fourth-order valence-corrected chi connectivity index (χ4v) is 7.17. The predicted octanol–water partition coefficient (Wildman–Crippen LogP) is 4.51. The molecule has 1 saturated carbocycles. The van der Waals surface area contributed by atoms with E-state index >= 15 is 0 Å². The molecule has 3 aromatic rings. The van der Waals surface area contributed by atoms with Crippen molar-refractivity contribution in [3.05, 3.63) is 59.9 Å². The number of hydrogen-bond donors (Lipinski definition) is 6. The van der Waals surface area contributed by atoms with Crippen LogP contribution in [0.5, 0.6) is 5.75 Å². The minimum Gasteiger partial charge on any atom is -0.490 e. The van der Waals surface area contributed by atoms with E-state index in [1.165, 1.54) is 0 Å². The molecular weight excluding hydrogens is 690 g/mol. The third kappa shape index (κ3) is 12.2. The molecule has 1 heterocycles. The van der Waals surface area contributed by atoms with Crippen LogP contribution in [0.1, 0.15) is 88.8 Å². The van der Waals surface area contributed by atoms with Gasteiger partial charge < -0.3 is 45.4 Å². The number of H-pyrrole nitrogens is 1. The number of fused-ring (bicyclic) bond motifs is 1. The normalized spacial score (nSPS) is 17.0. The number of aliphatic hydroxyl groups excluding tert-OH is 2. The van der Waals surface area contributed by atoms with Crippen LogP contribution in [0.25, 0.3) is 11.0 Å². The maximum Gasteiger partial charge on any atom is 0.255 e. The highest BCUT2D eigenvalue weighted by Crippen LogP contribution is 2.31. The van der Waals surface area contributed by atoms with Crippen LogP contribution >= 0.6 is 0 Å². The van der Waals surface area contributed by atoms with Crippen molar-refractivity contribution in [1.82, 2.24) is 25.9 Å². The molecule has 0 radical (unpaired) electrons. The molecule has 4 rings (SSSR count). The Hall–Kier alpha value is -4.04. The summed E-state index contributed by atoms with van der Waals surface area (Å²) in [7, 11) is 1.60. The monoisotopic (exact) mass is 751 g/mol. The highest BCUT2D eigenvalue weighted by Gasteiger charge is 2.41. The molecule has 0 unspecified atom stereocenters. The summed E-state index contributed by atoms with van der Waals surface area (Å²) in [6.45, 7) is 8.98.